The van der Waals surface area contributed by atoms with Crippen molar-refractivity contribution in [3.05, 3.63) is 65.5 Å². The predicted octanol–water partition coefficient (Wildman–Crippen LogP) is 4.26. The van der Waals surface area contributed by atoms with E-state index in [1.807, 2.05) is 18.2 Å². The second kappa shape index (κ2) is 7.62. The highest BCUT2D eigenvalue weighted by Crippen LogP contribution is 2.32. The Morgan fingerprint density at radius 1 is 1.25 bits per heavy atom. The fourth-order valence-corrected chi connectivity index (χ4v) is 3.24. The van der Waals surface area contributed by atoms with Crippen LogP contribution in [-0.2, 0) is 0 Å². The zero-order valence-electron chi connectivity index (χ0n) is 13.6. The number of rotatable bonds is 3. The zero-order valence-corrected chi connectivity index (χ0v) is 14.4. The van der Waals surface area contributed by atoms with Crippen LogP contribution in [0.3, 0.4) is 0 Å². The third kappa shape index (κ3) is 4.03. The number of halogens is 1. The first-order chi connectivity index (χ1) is 11.6. The quantitative estimate of drug-likeness (QED) is 0.815. The lowest BCUT2D eigenvalue weighted by atomic mass is 10.0. The Hall–Kier alpha value is -2.14. The molecule has 2 aromatic rings. The average Bonchev–Trinajstić information content (AvgIpc) is 2.78. The third-order valence-electron chi connectivity index (χ3n) is 4.19. The van der Waals surface area contributed by atoms with Gasteiger partial charge in [0.15, 0.2) is 5.11 Å². The van der Waals surface area contributed by atoms with Crippen LogP contribution in [0.5, 0.6) is 5.75 Å². The van der Waals surface area contributed by atoms with Gasteiger partial charge in [-0.05, 0) is 55.7 Å². The molecule has 0 saturated carbocycles. The van der Waals surface area contributed by atoms with E-state index >= 15 is 0 Å². The average molecular weight is 344 g/mol. The largest absolute Gasteiger partial charge is 0.493 e. The Balaban J connectivity index is 1.69. The summed E-state index contributed by atoms with van der Waals surface area (Å²) in [6.45, 7) is 2.70. The molecule has 0 aliphatic carbocycles. The normalized spacial score (nSPS) is 17.8. The van der Waals surface area contributed by atoms with Crippen molar-refractivity contribution in [3.63, 3.8) is 0 Å². The lowest BCUT2D eigenvalue weighted by Gasteiger charge is -2.23. The van der Waals surface area contributed by atoms with E-state index in [-0.39, 0.29) is 17.9 Å². The summed E-state index contributed by atoms with van der Waals surface area (Å²) in [4.78, 5) is 0. The van der Waals surface area contributed by atoms with E-state index in [2.05, 4.69) is 29.7 Å². The number of benzene rings is 2. The van der Waals surface area contributed by atoms with Gasteiger partial charge in [-0.1, -0.05) is 30.3 Å². The number of fused-ring (bicyclic) bond motifs is 1. The molecule has 0 bridgehead atoms. The Kier molecular flexibility index (Phi) is 5.30. The molecular formula is C19H21FN2OS. The molecule has 0 spiro atoms. The van der Waals surface area contributed by atoms with Gasteiger partial charge in [0.1, 0.15) is 11.6 Å². The Morgan fingerprint density at radius 3 is 2.83 bits per heavy atom. The zero-order chi connectivity index (χ0) is 16.9. The van der Waals surface area contributed by atoms with Crippen molar-refractivity contribution < 1.29 is 9.13 Å². The Labute approximate surface area is 147 Å². The highest BCUT2D eigenvalue weighted by molar-refractivity contribution is 7.80. The van der Waals surface area contributed by atoms with Crippen molar-refractivity contribution in [2.24, 2.45) is 0 Å². The van der Waals surface area contributed by atoms with Crippen molar-refractivity contribution in [3.8, 4) is 5.75 Å². The second-order valence-electron chi connectivity index (χ2n) is 5.98. The highest BCUT2D eigenvalue weighted by atomic mass is 32.1. The van der Waals surface area contributed by atoms with Gasteiger partial charge < -0.3 is 15.4 Å². The Morgan fingerprint density at radius 2 is 2.04 bits per heavy atom. The van der Waals surface area contributed by atoms with Gasteiger partial charge in [-0.25, -0.2) is 4.39 Å². The fourth-order valence-electron chi connectivity index (χ4n) is 2.92. The minimum absolute atomic E-state index is 0.0545. The first-order valence-corrected chi connectivity index (χ1v) is 8.58. The van der Waals surface area contributed by atoms with Crippen LogP contribution in [0.25, 0.3) is 0 Å². The summed E-state index contributed by atoms with van der Waals surface area (Å²) in [7, 11) is 0. The molecule has 5 heteroatoms. The summed E-state index contributed by atoms with van der Waals surface area (Å²) in [5, 5.41) is 7.18. The predicted molar refractivity (Wildman–Crippen MR) is 97.6 cm³/mol. The number of ether oxygens (including phenoxy) is 1. The van der Waals surface area contributed by atoms with Gasteiger partial charge in [0.2, 0.25) is 0 Å². The molecule has 0 saturated heterocycles. The number of hydrogen-bond acceptors (Lipinski definition) is 2. The van der Waals surface area contributed by atoms with E-state index in [1.54, 1.807) is 6.07 Å². The first kappa shape index (κ1) is 16.7. The molecular weight excluding hydrogens is 323 g/mol. The van der Waals surface area contributed by atoms with E-state index in [9.17, 15) is 4.39 Å². The standard InChI is InChI=1S/C19H21FN2OS/c1-13(14-6-3-2-4-7-14)21-19(24)22-17-8-5-11-23-18-10-9-15(20)12-16(17)18/h2-4,6-7,9-10,12-13,17H,5,8,11H2,1H3,(H2,21,22,24)/t13-,17-/m1/s1. The SMILES string of the molecule is C[C@@H](NC(=S)N[C@@H]1CCCOc2ccc(F)cc21)c1ccccc1. The topological polar surface area (TPSA) is 33.3 Å². The van der Waals surface area contributed by atoms with Crippen molar-refractivity contribution >= 4 is 17.3 Å². The minimum Gasteiger partial charge on any atom is -0.493 e. The molecule has 0 fully saturated rings. The number of hydrogen-bond donors (Lipinski definition) is 2. The maximum atomic E-state index is 13.6. The van der Waals surface area contributed by atoms with Gasteiger partial charge in [0, 0.05) is 5.56 Å². The molecule has 0 unspecified atom stereocenters. The van der Waals surface area contributed by atoms with Crippen molar-refractivity contribution in [1.29, 1.82) is 0 Å². The van der Waals surface area contributed by atoms with Crippen molar-refractivity contribution in [2.75, 3.05) is 6.61 Å². The summed E-state index contributed by atoms with van der Waals surface area (Å²) in [5.74, 6) is 0.466. The first-order valence-electron chi connectivity index (χ1n) is 8.17. The summed E-state index contributed by atoms with van der Waals surface area (Å²) in [6.07, 6.45) is 1.74. The molecule has 3 nitrogen and oxygen atoms in total. The van der Waals surface area contributed by atoms with E-state index in [0.717, 1.165) is 29.7 Å². The molecule has 3 rings (SSSR count). The smallest absolute Gasteiger partial charge is 0.167 e. The summed E-state index contributed by atoms with van der Waals surface area (Å²) < 4.78 is 19.3. The van der Waals surface area contributed by atoms with E-state index in [1.165, 1.54) is 12.1 Å². The number of thiocarbonyl (C=S) groups is 1. The molecule has 2 aromatic carbocycles. The summed E-state index contributed by atoms with van der Waals surface area (Å²) in [6, 6.07) is 14.8. The van der Waals surface area contributed by atoms with Crippen molar-refractivity contribution in [1.82, 2.24) is 10.6 Å². The van der Waals surface area contributed by atoms with Crippen LogP contribution in [0, 0.1) is 5.82 Å². The molecule has 0 radical (unpaired) electrons. The molecule has 0 amide bonds. The lowest BCUT2D eigenvalue weighted by Crippen LogP contribution is -2.39. The van der Waals surface area contributed by atoms with E-state index < -0.39 is 0 Å². The molecule has 1 heterocycles. The van der Waals surface area contributed by atoms with Gasteiger partial charge in [-0.15, -0.1) is 0 Å². The Bertz CT molecular complexity index is 708. The monoisotopic (exact) mass is 344 g/mol. The van der Waals surface area contributed by atoms with Crippen LogP contribution in [0.4, 0.5) is 4.39 Å². The lowest BCUT2D eigenvalue weighted by molar-refractivity contribution is 0.315. The fraction of sp³-hybridized carbons (Fsp3) is 0.316. The van der Waals surface area contributed by atoms with Gasteiger partial charge in [0.05, 0.1) is 18.7 Å². The molecule has 126 valence electrons. The molecule has 0 aromatic heterocycles. The molecule has 1 aliphatic heterocycles. The van der Waals surface area contributed by atoms with Gasteiger partial charge >= 0.3 is 0 Å². The van der Waals surface area contributed by atoms with E-state index in [0.29, 0.717) is 11.7 Å². The van der Waals surface area contributed by atoms with Crippen LogP contribution >= 0.6 is 12.2 Å². The maximum absolute atomic E-state index is 13.6. The third-order valence-corrected chi connectivity index (χ3v) is 4.43. The molecule has 2 N–H and O–H groups in total. The highest BCUT2D eigenvalue weighted by Gasteiger charge is 2.21. The maximum Gasteiger partial charge on any atom is 0.167 e. The second-order valence-corrected chi connectivity index (χ2v) is 6.38. The molecule has 24 heavy (non-hydrogen) atoms. The van der Waals surface area contributed by atoms with Crippen LogP contribution in [0.15, 0.2) is 48.5 Å². The van der Waals surface area contributed by atoms with Crippen molar-refractivity contribution in [2.45, 2.75) is 31.8 Å². The van der Waals surface area contributed by atoms with Crippen LogP contribution in [0.2, 0.25) is 0 Å². The van der Waals surface area contributed by atoms with Crippen LogP contribution in [-0.4, -0.2) is 11.7 Å². The summed E-state index contributed by atoms with van der Waals surface area (Å²) >= 11 is 5.46. The number of nitrogens with one attached hydrogen (secondary N) is 2. The van der Waals surface area contributed by atoms with Gasteiger partial charge in [-0.2, -0.15) is 0 Å². The van der Waals surface area contributed by atoms with Gasteiger partial charge in [-0.3, -0.25) is 0 Å². The summed E-state index contributed by atoms with van der Waals surface area (Å²) in [5.41, 5.74) is 1.99. The van der Waals surface area contributed by atoms with Crippen LogP contribution < -0.4 is 15.4 Å². The molecule has 1 aliphatic rings. The van der Waals surface area contributed by atoms with Crippen LogP contribution in [0.1, 0.15) is 43.0 Å². The van der Waals surface area contributed by atoms with Gasteiger partial charge in [0.25, 0.3) is 0 Å². The minimum atomic E-state index is -0.261. The molecule has 2 atom stereocenters. The van der Waals surface area contributed by atoms with E-state index in [4.69, 9.17) is 17.0 Å².